The van der Waals surface area contributed by atoms with Gasteiger partial charge in [0.05, 0.1) is 24.0 Å². The number of nitriles is 1. The Morgan fingerprint density at radius 2 is 2.17 bits per heavy atom. The first-order chi connectivity index (χ1) is 11.6. The fraction of sp³-hybridized carbons (Fsp3) is 0.278. The summed E-state index contributed by atoms with van der Waals surface area (Å²) in [6, 6.07) is 9.88. The van der Waals surface area contributed by atoms with E-state index in [2.05, 4.69) is 18.0 Å². The molecule has 1 aromatic carbocycles. The average Bonchev–Trinajstić information content (AvgIpc) is 2.94. The maximum absolute atomic E-state index is 12.3. The van der Waals surface area contributed by atoms with Crippen LogP contribution in [0.15, 0.2) is 43.1 Å². The van der Waals surface area contributed by atoms with Crippen LogP contribution in [0.4, 0.5) is 0 Å². The van der Waals surface area contributed by atoms with E-state index >= 15 is 0 Å². The first-order valence-electron chi connectivity index (χ1n) is 7.76. The van der Waals surface area contributed by atoms with Gasteiger partial charge in [-0.15, -0.1) is 0 Å². The van der Waals surface area contributed by atoms with Crippen LogP contribution < -0.4 is 5.32 Å². The van der Waals surface area contributed by atoms with Crippen LogP contribution in [0.3, 0.4) is 0 Å². The second-order valence-corrected chi connectivity index (χ2v) is 5.85. The van der Waals surface area contributed by atoms with Gasteiger partial charge in [-0.2, -0.15) is 5.26 Å². The van der Waals surface area contributed by atoms with E-state index in [0.29, 0.717) is 19.5 Å². The lowest BCUT2D eigenvalue weighted by Crippen LogP contribution is -2.61. The highest BCUT2D eigenvalue weighted by Gasteiger charge is 2.30. The number of likely N-dealkylation sites (tertiary alicyclic amines) is 1. The molecule has 0 spiro atoms. The number of carbonyl (C=O) groups excluding carboxylic acids is 2. The van der Waals surface area contributed by atoms with Crippen molar-refractivity contribution in [2.24, 2.45) is 0 Å². The molecule has 1 aliphatic rings. The Bertz CT molecular complexity index is 840. The molecule has 2 amide bonds. The van der Waals surface area contributed by atoms with Crippen LogP contribution in [0.2, 0.25) is 0 Å². The Morgan fingerprint density at radius 3 is 2.88 bits per heavy atom. The molecule has 1 saturated heterocycles. The van der Waals surface area contributed by atoms with Crippen molar-refractivity contribution in [2.45, 2.75) is 19.0 Å². The minimum absolute atomic E-state index is 0.0122. The van der Waals surface area contributed by atoms with Crippen LogP contribution in [-0.2, 0) is 22.6 Å². The standard InChI is InChI=1S/C18H18N4O2/c1-2-17(24)22-10-15(11-22)20-16(23)12-21-9-7-14-5-3-4-13(6-8-19)18(14)21/h2-5,7,9,15H,1,6,10-12H2,(H,20,23). The highest BCUT2D eigenvalue weighted by Crippen LogP contribution is 2.21. The lowest BCUT2D eigenvalue weighted by molar-refractivity contribution is -0.133. The molecule has 2 aromatic rings. The molecule has 1 fully saturated rings. The predicted octanol–water partition coefficient (Wildman–Crippen LogP) is 1.22. The van der Waals surface area contributed by atoms with Crippen molar-refractivity contribution < 1.29 is 9.59 Å². The topological polar surface area (TPSA) is 78.1 Å². The minimum atomic E-state index is -0.113. The molecule has 24 heavy (non-hydrogen) atoms. The molecule has 1 aromatic heterocycles. The summed E-state index contributed by atoms with van der Waals surface area (Å²) in [5.74, 6) is -0.215. The zero-order valence-electron chi connectivity index (χ0n) is 13.2. The van der Waals surface area contributed by atoms with Gasteiger partial charge < -0.3 is 14.8 Å². The second kappa shape index (κ2) is 6.59. The van der Waals surface area contributed by atoms with E-state index in [1.165, 1.54) is 6.08 Å². The van der Waals surface area contributed by atoms with E-state index in [9.17, 15) is 9.59 Å². The fourth-order valence-corrected chi connectivity index (χ4v) is 3.01. The number of nitrogens with zero attached hydrogens (tertiary/aromatic N) is 3. The summed E-state index contributed by atoms with van der Waals surface area (Å²) in [6.07, 6.45) is 3.45. The first-order valence-corrected chi connectivity index (χ1v) is 7.76. The zero-order chi connectivity index (χ0) is 17.1. The number of aromatic nitrogens is 1. The molecular weight excluding hydrogens is 304 g/mol. The molecule has 122 valence electrons. The van der Waals surface area contributed by atoms with Crippen molar-refractivity contribution in [3.63, 3.8) is 0 Å². The Balaban J connectivity index is 1.65. The largest absolute Gasteiger partial charge is 0.348 e. The van der Waals surface area contributed by atoms with Gasteiger partial charge in [0.25, 0.3) is 0 Å². The molecule has 0 atom stereocenters. The number of para-hydroxylation sites is 1. The van der Waals surface area contributed by atoms with E-state index in [4.69, 9.17) is 5.26 Å². The number of fused-ring (bicyclic) bond motifs is 1. The van der Waals surface area contributed by atoms with Crippen molar-refractivity contribution in [1.29, 1.82) is 5.26 Å². The summed E-state index contributed by atoms with van der Waals surface area (Å²) < 4.78 is 1.86. The molecule has 2 heterocycles. The molecule has 0 saturated carbocycles. The van der Waals surface area contributed by atoms with E-state index < -0.39 is 0 Å². The smallest absolute Gasteiger partial charge is 0.246 e. The molecule has 0 bridgehead atoms. The molecular formula is C18H18N4O2. The van der Waals surface area contributed by atoms with Gasteiger partial charge in [0.1, 0.15) is 6.54 Å². The maximum Gasteiger partial charge on any atom is 0.246 e. The van der Waals surface area contributed by atoms with Gasteiger partial charge >= 0.3 is 0 Å². The van der Waals surface area contributed by atoms with Gasteiger partial charge in [0, 0.05) is 19.3 Å². The summed E-state index contributed by atoms with van der Waals surface area (Å²) in [5.41, 5.74) is 1.84. The predicted molar refractivity (Wildman–Crippen MR) is 90.0 cm³/mol. The first kappa shape index (κ1) is 15.8. The lowest BCUT2D eigenvalue weighted by atomic mass is 10.1. The van der Waals surface area contributed by atoms with Crippen molar-refractivity contribution in [3.05, 3.63) is 48.7 Å². The van der Waals surface area contributed by atoms with Crippen LogP contribution in [0.5, 0.6) is 0 Å². The third kappa shape index (κ3) is 3.01. The normalized spacial score (nSPS) is 14.0. The van der Waals surface area contributed by atoms with Crippen LogP contribution in [0.1, 0.15) is 5.56 Å². The number of hydrogen-bond acceptors (Lipinski definition) is 3. The molecule has 0 radical (unpaired) electrons. The molecule has 3 rings (SSSR count). The van der Waals surface area contributed by atoms with E-state index in [-0.39, 0.29) is 24.4 Å². The number of carbonyl (C=O) groups is 2. The number of rotatable bonds is 5. The fourth-order valence-electron chi connectivity index (χ4n) is 3.01. The van der Waals surface area contributed by atoms with E-state index in [1.54, 1.807) is 4.90 Å². The SMILES string of the molecule is C=CC(=O)N1CC(NC(=O)Cn2ccc3cccc(CC#N)c32)C1. The highest BCUT2D eigenvalue weighted by molar-refractivity contribution is 5.88. The van der Waals surface area contributed by atoms with Gasteiger partial charge in [0.15, 0.2) is 0 Å². The molecule has 1 aliphatic heterocycles. The molecule has 0 aliphatic carbocycles. The minimum Gasteiger partial charge on any atom is -0.348 e. The van der Waals surface area contributed by atoms with Crippen molar-refractivity contribution in [2.75, 3.05) is 13.1 Å². The van der Waals surface area contributed by atoms with Crippen molar-refractivity contribution in [1.82, 2.24) is 14.8 Å². The Kier molecular flexibility index (Phi) is 4.34. The molecule has 1 N–H and O–H groups in total. The van der Waals surface area contributed by atoms with E-state index in [0.717, 1.165) is 16.5 Å². The van der Waals surface area contributed by atoms with Crippen LogP contribution in [0, 0.1) is 11.3 Å². The molecule has 6 heteroatoms. The van der Waals surface area contributed by atoms with E-state index in [1.807, 2.05) is 35.0 Å². The zero-order valence-corrected chi connectivity index (χ0v) is 13.2. The maximum atomic E-state index is 12.3. The van der Waals surface area contributed by atoms with Gasteiger partial charge in [-0.25, -0.2) is 0 Å². The third-order valence-corrected chi connectivity index (χ3v) is 4.19. The number of nitrogens with one attached hydrogen (secondary N) is 1. The summed E-state index contributed by atoms with van der Waals surface area (Å²) in [6.45, 7) is 4.67. The van der Waals surface area contributed by atoms with Crippen LogP contribution in [-0.4, -0.2) is 40.4 Å². The monoisotopic (exact) mass is 322 g/mol. The Labute approximate surface area is 140 Å². The third-order valence-electron chi connectivity index (χ3n) is 4.19. The average molecular weight is 322 g/mol. The van der Waals surface area contributed by atoms with Gasteiger partial charge in [-0.05, 0) is 23.1 Å². The van der Waals surface area contributed by atoms with Gasteiger partial charge in [0.2, 0.25) is 11.8 Å². The quantitative estimate of drug-likeness (QED) is 0.841. The summed E-state index contributed by atoms with van der Waals surface area (Å²) in [4.78, 5) is 25.3. The summed E-state index contributed by atoms with van der Waals surface area (Å²) in [7, 11) is 0. The van der Waals surface area contributed by atoms with Crippen LogP contribution >= 0.6 is 0 Å². The number of benzene rings is 1. The molecule has 0 unspecified atom stereocenters. The van der Waals surface area contributed by atoms with Crippen molar-refractivity contribution in [3.8, 4) is 6.07 Å². The highest BCUT2D eigenvalue weighted by atomic mass is 16.2. The number of amides is 2. The van der Waals surface area contributed by atoms with Gasteiger partial charge in [-0.1, -0.05) is 24.8 Å². The lowest BCUT2D eigenvalue weighted by Gasteiger charge is -2.38. The summed E-state index contributed by atoms with van der Waals surface area (Å²) >= 11 is 0. The van der Waals surface area contributed by atoms with Gasteiger partial charge in [-0.3, -0.25) is 9.59 Å². The van der Waals surface area contributed by atoms with Crippen molar-refractivity contribution >= 4 is 22.7 Å². The Hall–Kier alpha value is -3.07. The Morgan fingerprint density at radius 1 is 1.38 bits per heavy atom. The number of hydrogen-bond donors (Lipinski definition) is 1. The molecule has 6 nitrogen and oxygen atoms in total. The second-order valence-electron chi connectivity index (χ2n) is 5.85. The van der Waals surface area contributed by atoms with Crippen LogP contribution in [0.25, 0.3) is 10.9 Å². The summed E-state index contributed by atoms with van der Waals surface area (Å²) in [5, 5.41) is 12.9.